The number of aliphatic hydroxyl groups excluding tert-OH is 1. The van der Waals surface area contributed by atoms with Gasteiger partial charge in [0.1, 0.15) is 17.6 Å². The number of hydrogen-bond donors (Lipinski definition) is 3. The van der Waals surface area contributed by atoms with Gasteiger partial charge in [0.2, 0.25) is 0 Å². The lowest BCUT2D eigenvalue weighted by Gasteiger charge is -2.33. The molecule has 3 N–H and O–H groups in total. The summed E-state index contributed by atoms with van der Waals surface area (Å²) in [6.45, 7) is 2.07. The second kappa shape index (κ2) is 10.1. The summed E-state index contributed by atoms with van der Waals surface area (Å²) in [4.78, 5) is 18.0. The van der Waals surface area contributed by atoms with Gasteiger partial charge in [-0.3, -0.25) is 4.79 Å². The number of hydrogen-bond acceptors (Lipinski definition) is 6. The monoisotopic (exact) mass is 439 g/mol. The van der Waals surface area contributed by atoms with E-state index in [4.69, 9.17) is 27.9 Å². The Bertz CT molecular complexity index is 844. The molecule has 0 radical (unpaired) electrons. The van der Waals surface area contributed by atoms with Crippen molar-refractivity contribution in [2.45, 2.75) is 25.0 Å². The fourth-order valence-electron chi connectivity index (χ4n) is 3.18. The van der Waals surface area contributed by atoms with Crippen LogP contribution in [0.4, 0.5) is 0 Å². The molecule has 1 amide bonds. The van der Waals surface area contributed by atoms with Crippen molar-refractivity contribution in [3.63, 3.8) is 0 Å². The first-order valence-corrected chi connectivity index (χ1v) is 10.1. The molecule has 1 aliphatic rings. The fourth-order valence-corrected chi connectivity index (χ4v) is 3.47. The number of halogens is 2. The molecule has 156 valence electrons. The molecule has 7 nitrogen and oxygen atoms in total. The van der Waals surface area contributed by atoms with Gasteiger partial charge in [0, 0.05) is 38.4 Å². The first-order chi connectivity index (χ1) is 13.9. The van der Waals surface area contributed by atoms with Crippen LogP contribution < -0.4 is 10.1 Å². The number of ether oxygens (including phenoxy) is 1. The Morgan fingerprint density at radius 2 is 2.03 bits per heavy atom. The minimum absolute atomic E-state index is 0.0556. The molecule has 1 aromatic heterocycles. The summed E-state index contributed by atoms with van der Waals surface area (Å²) in [6, 6.07) is 8.15. The van der Waals surface area contributed by atoms with E-state index in [9.17, 15) is 15.0 Å². The van der Waals surface area contributed by atoms with Crippen LogP contribution in [0.15, 0.2) is 36.5 Å². The zero-order valence-corrected chi connectivity index (χ0v) is 17.2. The van der Waals surface area contributed by atoms with Crippen LogP contribution in [0.25, 0.3) is 0 Å². The van der Waals surface area contributed by atoms with E-state index in [2.05, 4.69) is 15.2 Å². The largest absolute Gasteiger partial charge is 0.505 e. The predicted molar refractivity (Wildman–Crippen MR) is 111 cm³/mol. The molecule has 1 unspecified atom stereocenters. The average Bonchev–Trinajstić information content (AvgIpc) is 2.71. The van der Waals surface area contributed by atoms with E-state index in [0.717, 1.165) is 25.9 Å². The van der Waals surface area contributed by atoms with Crippen molar-refractivity contribution in [3.8, 4) is 11.5 Å². The topological polar surface area (TPSA) is 94.9 Å². The molecule has 1 fully saturated rings. The van der Waals surface area contributed by atoms with Gasteiger partial charge in [-0.25, -0.2) is 4.98 Å². The minimum Gasteiger partial charge on any atom is -0.505 e. The van der Waals surface area contributed by atoms with Gasteiger partial charge in [0.25, 0.3) is 5.91 Å². The number of rotatable bonds is 7. The van der Waals surface area contributed by atoms with E-state index in [1.54, 1.807) is 18.2 Å². The maximum atomic E-state index is 12.0. The predicted octanol–water partition coefficient (Wildman–Crippen LogP) is 2.73. The Morgan fingerprint density at radius 3 is 2.72 bits per heavy atom. The molecule has 1 aromatic carbocycles. The highest BCUT2D eigenvalue weighted by molar-refractivity contribution is 6.42. The van der Waals surface area contributed by atoms with Crippen molar-refractivity contribution in [2.24, 2.45) is 0 Å². The van der Waals surface area contributed by atoms with Gasteiger partial charge < -0.3 is 25.2 Å². The van der Waals surface area contributed by atoms with E-state index >= 15 is 0 Å². The van der Waals surface area contributed by atoms with E-state index in [1.165, 1.54) is 18.3 Å². The number of carbonyl (C=O) groups is 1. The molecule has 3 rings (SSSR count). The number of nitrogens with zero attached hydrogens (tertiary/aromatic N) is 2. The third kappa shape index (κ3) is 6.21. The van der Waals surface area contributed by atoms with Gasteiger partial charge in [0.15, 0.2) is 5.69 Å². The van der Waals surface area contributed by atoms with Crippen molar-refractivity contribution >= 4 is 29.1 Å². The second-order valence-electron chi connectivity index (χ2n) is 6.93. The molecule has 0 spiro atoms. The molecule has 1 atom stereocenters. The zero-order chi connectivity index (χ0) is 20.8. The summed E-state index contributed by atoms with van der Waals surface area (Å²) in [5.74, 6) is -0.0159. The van der Waals surface area contributed by atoms with Crippen LogP contribution in [-0.4, -0.2) is 64.4 Å². The highest BCUT2D eigenvalue weighted by atomic mass is 35.5. The maximum Gasteiger partial charge on any atom is 0.273 e. The number of benzene rings is 1. The molecule has 1 aliphatic heterocycles. The summed E-state index contributed by atoms with van der Waals surface area (Å²) in [5.41, 5.74) is -0.0556. The molecule has 0 aliphatic carbocycles. The number of pyridine rings is 1. The van der Waals surface area contributed by atoms with Gasteiger partial charge >= 0.3 is 0 Å². The summed E-state index contributed by atoms with van der Waals surface area (Å²) < 4.78 is 5.96. The number of aromatic hydroxyl groups is 1. The zero-order valence-electron chi connectivity index (χ0n) is 15.7. The van der Waals surface area contributed by atoms with Crippen LogP contribution in [0, 0.1) is 0 Å². The van der Waals surface area contributed by atoms with Crippen molar-refractivity contribution < 1.29 is 19.7 Å². The average molecular weight is 440 g/mol. The van der Waals surface area contributed by atoms with Crippen LogP contribution in [0.1, 0.15) is 23.3 Å². The highest BCUT2D eigenvalue weighted by Gasteiger charge is 2.23. The summed E-state index contributed by atoms with van der Waals surface area (Å²) in [7, 11) is 0. The van der Waals surface area contributed by atoms with Gasteiger partial charge in [-0.05, 0) is 37.1 Å². The molecular formula is C20H23Cl2N3O4. The van der Waals surface area contributed by atoms with E-state index in [1.807, 2.05) is 0 Å². The quantitative estimate of drug-likeness (QED) is 0.613. The van der Waals surface area contributed by atoms with Gasteiger partial charge in [-0.15, -0.1) is 0 Å². The Balaban J connectivity index is 1.39. The maximum absolute atomic E-state index is 12.0. The lowest BCUT2D eigenvalue weighted by atomic mass is 10.1. The number of β-amino-alcohol motifs (C(OH)–C–C–N with tert-alkyl or cyclic N) is 1. The summed E-state index contributed by atoms with van der Waals surface area (Å²) >= 11 is 11.9. The van der Waals surface area contributed by atoms with E-state index in [-0.39, 0.29) is 24.1 Å². The molecule has 9 heteroatoms. The van der Waals surface area contributed by atoms with Crippen LogP contribution >= 0.6 is 23.2 Å². The first-order valence-electron chi connectivity index (χ1n) is 9.36. The van der Waals surface area contributed by atoms with Crippen LogP contribution in [-0.2, 0) is 0 Å². The first kappa shape index (κ1) is 21.6. The Morgan fingerprint density at radius 1 is 1.28 bits per heavy atom. The van der Waals surface area contributed by atoms with Gasteiger partial charge in [0.05, 0.1) is 16.1 Å². The molecule has 2 aromatic rings. The number of piperidine rings is 1. The molecule has 0 saturated carbocycles. The molecule has 0 bridgehead atoms. The molecule has 29 heavy (non-hydrogen) atoms. The SMILES string of the molecule is O=C(NCC(O)CN1CCC(Oc2ccc(Cl)c(Cl)c2)CC1)c1ncccc1O. The summed E-state index contributed by atoms with van der Waals surface area (Å²) in [6.07, 6.45) is 2.42. The number of nitrogens with one attached hydrogen (secondary N) is 1. The van der Waals surface area contributed by atoms with Crippen molar-refractivity contribution in [2.75, 3.05) is 26.2 Å². The number of aliphatic hydroxyl groups is 1. The lowest BCUT2D eigenvalue weighted by Crippen LogP contribution is -2.45. The number of carbonyl (C=O) groups excluding carboxylic acids is 1. The highest BCUT2D eigenvalue weighted by Crippen LogP contribution is 2.28. The third-order valence-electron chi connectivity index (χ3n) is 4.70. The third-order valence-corrected chi connectivity index (χ3v) is 5.44. The van der Waals surface area contributed by atoms with Crippen molar-refractivity contribution in [1.29, 1.82) is 0 Å². The van der Waals surface area contributed by atoms with E-state index in [0.29, 0.717) is 22.3 Å². The fraction of sp³-hybridized carbons (Fsp3) is 0.400. The van der Waals surface area contributed by atoms with Crippen molar-refractivity contribution in [1.82, 2.24) is 15.2 Å². The van der Waals surface area contributed by atoms with Gasteiger partial charge in [-0.1, -0.05) is 23.2 Å². The Kier molecular flexibility index (Phi) is 7.55. The molecular weight excluding hydrogens is 417 g/mol. The van der Waals surface area contributed by atoms with Crippen LogP contribution in [0.2, 0.25) is 10.0 Å². The van der Waals surface area contributed by atoms with Gasteiger partial charge in [-0.2, -0.15) is 0 Å². The minimum atomic E-state index is -0.725. The normalized spacial score (nSPS) is 16.4. The van der Waals surface area contributed by atoms with E-state index < -0.39 is 12.0 Å². The number of likely N-dealkylation sites (tertiary alicyclic amines) is 1. The lowest BCUT2D eigenvalue weighted by molar-refractivity contribution is 0.0593. The number of amides is 1. The smallest absolute Gasteiger partial charge is 0.273 e. The summed E-state index contributed by atoms with van der Waals surface area (Å²) in [5, 5.41) is 23.4. The Hall–Kier alpha value is -2.06. The van der Waals surface area contributed by atoms with Crippen LogP contribution in [0.3, 0.4) is 0 Å². The molecule has 2 heterocycles. The van der Waals surface area contributed by atoms with Crippen LogP contribution in [0.5, 0.6) is 11.5 Å². The Labute approximate surface area is 179 Å². The number of aromatic nitrogens is 1. The standard InChI is InChI=1S/C20H23Cl2N3O4/c21-16-4-3-15(10-17(16)22)29-14-5-8-25(9-6-14)12-13(26)11-24-20(28)19-18(27)2-1-7-23-19/h1-4,7,10,13-14,26-27H,5-6,8-9,11-12H2,(H,24,28). The van der Waals surface area contributed by atoms with Crippen molar-refractivity contribution in [3.05, 3.63) is 52.3 Å². The second-order valence-corrected chi connectivity index (χ2v) is 7.74. The molecule has 1 saturated heterocycles.